The van der Waals surface area contributed by atoms with Crippen molar-refractivity contribution in [3.8, 4) is 11.3 Å². The molecular weight excluding hydrogens is 363 g/mol. The van der Waals surface area contributed by atoms with E-state index in [1.165, 1.54) is 27.4 Å². The van der Waals surface area contributed by atoms with Gasteiger partial charge in [0.1, 0.15) is 10.0 Å². The summed E-state index contributed by atoms with van der Waals surface area (Å²) in [6.45, 7) is 1.84. The average molecular weight is 373 g/mol. The molecule has 0 aromatic carbocycles. The molecule has 0 radical (unpaired) electrons. The molecule has 0 fully saturated rings. The van der Waals surface area contributed by atoms with Gasteiger partial charge in [-0.05, 0) is 18.6 Å². The predicted molar refractivity (Wildman–Crippen MR) is 91.3 cm³/mol. The zero-order valence-corrected chi connectivity index (χ0v) is 14.7. The number of anilines is 1. The Morgan fingerprint density at radius 3 is 2.77 bits per heavy atom. The molecule has 0 unspecified atom stereocenters. The minimum atomic E-state index is -0.243. The van der Waals surface area contributed by atoms with E-state index < -0.39 is 0 Å². The molecule has 0 saturated carbocycles. The first kappa shape index (κ1) is 15.5. The molecular formula is C13H10Cl2N4OS2. The fourth-order valence-electron chi connectivity index (χ4n) is 2.00. The van der Waals surface area contributed by atoms with Crippen molar-refractivity contribution in [3.63, 3.8) is 0 Å². The molecule has 3 heterocycles. The van der Waals surface area contributed by atoms with Crippen LogP contribution in [0.25, 0.3) is 11.3 Å². The van der Waals surface area contributed by atoms with E-state index in [2.05, 4.69) is 15.4 Å². The van der Waals surface area contributed by atoms with Crippen LogP contribution in [0, 0.1) is 6.92 Å². The van der Waals surface area contributed by atoms with Crippen molar-refractivity contribution >= 4 is 56.9 Å². The van der Waals surface area contributed by atoms with Crippen molar-refractivity contribution in [3.05, 3.63) is 37.6 Å². The van der Waals surface area contributed by atoms with Gasteiger partial charge < -0.3 is 0 Å². The maximum absolute atomic E-state index is 12.3. The Bertz CT molecular complexity index is 833. The maximum Gasteiger partial charge on any atom is 0.275 e. The van der Waals surface area contributed by atoms with Crippen LogP contribution in [0.4, 0.5) is 5.13 Å². The highest BCUT2D eigenvalue weighted by atomic mass is 35.5. The van der Waals surface area contributed by atoms with E-state index in [0.29, 0.717) is 25.2 Å². The summed E-state index contributed by atoms with van der Waals surface area (Å²) in [5.41, 5.74) is 2.78. The molecule has 0 atom stereocenters. The van der Waals surface area contributed by atoms with E-state index in [9.17, 15) is 4.79 Å². The normalized spacial score (nSPS) is 10.9. The van der Waals surface area contributed by atoms with Gasteiger partial charge in [-0.3, -0.25) is 14.8 Å². The SMILES string of the molecule is Cc1cnn(C)c1C(=O)Nc1nc(-c2cc(Cl)sc2Cl)cs1. The lowest BCUT2D eigenvalue weighted by atomic mass is 10.2. The number of aromatic nitrogens is 3. The Kier molecular flexibility index (Phi) is 4.22. The van der Waals surface area contributed by atoms with Crippen LogP contribution in [0.15, 0.2) is 17.6 Å². The molecule has 1 N–H and O–H groups in total. The number of nitrogens with one attached hydrogen (secondary N) is 1. The molecule has 9 heteroatoms. The van der Waals surface area contributed by atoms with Crippen LogP contribution >= 0.6 is 45.9 Å². The van der Waals surface area contributed by atoms with Crippen molar-refractivity contribution in [2.75, 3.05) is 5.32 Å². The smallest absolute Gasteiger partial charge is 0.275 e. The second-order valence-corrected chi connectivity index (χ2v) is 7.67. The first-order chi connectivity index (χ1) is 10.5. The number of aryl methyl sites for hydroxylation is 2. The second-order valence-electron chi connectivity index (χ2n) is 4.53. The van der Waals surface area contributed by atoms with Crippen molar-refractivity contribution < 1.29 is 4.79 Å². The third kappa shape index (κ3) is 2.89. The summed E-state index contributed by atoms with van der Waals surface area (Å²) in [5.74, 6) is -0.243. The number of halogens is 2. The van der Waals surface area contributed by atoms with E-state index in [4.69, 9.17) is 23.2 Å². The van der Waals surface area contributed by atoms with Crippen LogP contribution in [-0.4, -0.2) is 20.7 Å². The van der Waals surface area contributed by atoms with Crippen LogP contribution in [0.2, 0.25) is 8.67 Å². The Balaban J connectivity index is 1.83. The molecule has 3 aromatic rings. The average Bonchev–Trinajstić information content (AvgIpc) is 3.10. The summed E-state index contributed by atoms with van der Waals surface area (Å²) in [4.78, 5) is 16.7. The molecule has 5 nitrogen and oxygen atoms in total. The van der Waals surface area contributed by atoms with Gasteiger partial charge in [0, 0.05) is 18.0 Å². The number of rotatable bonds is 3. The van der Waals surface area contributed by atoms with Gasteiger partial charge in [-0.1, -0.05) is 23.2 Å². The molecule has 0 aliphatic carbocycles. The molecule has 22 heavy (non-hydrogen) atoms. The highest BCUT2D eigenvalue weighted by Crippen LogP contribution is 2.39. The summed E-state index contributed by atoms with van der Waals surface area (Å²) >= 11 is 14.7. The highest BCUT2D eigenvalue weighted by molar-refractivity contribution is 7.20. The first-order valence-corrected chi connectivity index (χ1v) is 8.61. The number of amides is 1. The number of thiazole rings is 1. The fourth-order valence-corrected chi connectivity index (χ4v) is 4.19. The molecule has 0 bridgehead atoms. The zero-order valence-electron chi connectivity index (χ0n) is 11.6. The summed E-state index contributed by atoms with van der Waals surface area (Å²) < 4.78 is 2.72. The summed E-state index contributed by atoms with van der Waals surface area (Å²) in [6.07, 6.45) is 1.65. The predicted octanol–water partition coefficient (Wildman–Crippen LogP) is 4.47. The number of nitrogens with zero attached hydrogens (tertiary/aromatic N) is 3. The van der Waals surface area contributed by atoms with Gasteiger partial charge in [-0.2, -0.15) is 5.10 Å². The van der Waals surface area contributed by atoms with Gasteiger partial charge in [0.15, 0.2) is 5.13 Å². The monoisotopic (exact) mass is 372 g/mol. The molecule has 0 saturated heterocycles. The van der Waals surface area contributed by atoms with Gasteiger partial charge in [0.05, 0.1) is 16.2 Å². The van der Waals surface area contributed by atoms with Crippen molar-refractivity contribution in [1.29, 1.82) is 0 Å². The van der Waals surface area contributed by atoms with Crippen molar-refractivity contribution in [2.24, 2.45) is 7.05 Å². The Morgan fingerprint density at radius 1 is 1.41 bits per heavy atom. The Morgan fingerprint density at radius 2 is 2.18 bits per heavy atom. The molecule has 0 aliphatic heterocycles. The van der Waals surface area contributed by atoms with Crippen LogP contribution in [0.5, 0.6) is 0 Å². The number of carbonyl (C=O) groups is 1. The van der Waals surface area contributed by atoms with Crippen LogP contribution in [-0.2, 0) is 7.05 Å². The molecule has 3 aromatic heterocycles. The number of carbonyl (C=O) groups excluding carboxylic acids is 1. The lowest BCUT2D eigenvalue weighted by Crippen LogP contribution is -2.17. The molecule has 114 valence electrons. The fraction of sp³-hybridized carbons (Fsp3) is 0.154. The number of thiophene rings is 1. The standard InChI is InChI=1S/C13H10Cl2N4OS2/c1-6-4-16-19(2)10(6)12(20)18-13-17-8(5-21-13)7-3-9(14)22-11(7)15/h3-5H,1-2H3,(H,17,18,20). The zero-order chi connectivity index (χ0) is 15.9. The van der Waals surface area contributed by atoms with Gasteiger partial charge in [-0.15, -0.1) is 22.7 Å². The topological polar surface area (TPSA) is 59.8 Å². The largest absolute Gasteiger partial charge is 0.296 e. The molecule has 0 spiro atoms. The van der Waals surface area contributed by atoms with Crippen molar-refractivity contribution in [2.45, 2.75) is 6.92 Å². The minimum absolute atomic E-state index is 0.243. The lowest BCUT2D eigenvalue weighted by molar-refractivity contribution is 0.101. The summed E-state index contributed by atoms with van der Waals surface area (Å²) in [7, 11) is 1.72. The van der Waals surface area contributed by atoms with Crippen molar-refractivity contribution in [1.82, 2.24) is 14.8 Å². The highest BCUT2D eigenvalue weighted by Gasteiger charge is 2.17. The molecule has 1 amide bonds. The van der Waals surface area contributed by atoms with Crippen LogP contribution in [0.3, 0.4) is 0 Å². The van der Waals surface area contributed by atoms with Gasteiger partial charge >= 0.3 is 0 Å². The first-order valence-electron chi connectivity index (χ1n) is 6.16. The number of hydrogen-bond donors (Lipinski definition) is 1. The van der Waals surface area contributed by atoms with E-state index >= 15 is 0 Å². The van der Waals surface area contributed by atoms with E-state index in [0.717, 1.165) is 11.1 Å². The maximum atomic E-state index is 12.3. The van der Waals surface area contributed by atoms with Gasteiger partial charge in [0.2, 0.25) is 0 Å². The number of hydrogen-bond acceptors (Lipinski definition) is 5. The minimum Gasteiger partial charge on any atom is -0.296 e. The Hall–Kier alpha value is -1.41. The third-order valence-corrected chi connectivity index (χ3v) is 5.24. The van der Waals surface area contributed by atoms with Crippen LogP contribution in [0.1, 0.15) is 16.1 Å². The van der Waals surface area contributed by atoms with E-state index in [1.54, 1.807) is 19.3 Å². The van der Waals surface area contributed by atoms with E-state index in [-0.39, 0.29) is 5.91 Å². The van der Waals surface area contributed by atoms with Gasteiger partial charge in [-0.25, -0.2) is 4.98 Å². The molecule has 0 aliphatic rings. The summed E-state index contributed by atoms with van der Waals surface area (Å²) in [5, 5.41) is 9.16. The lowest BCUT2D eigenvalue weighted by Gasteiger charge is -2.03. The van der Waals surface area contributed by atoms with Crippen LogP contribution < -0.4 is 5.32 Å². The van der Waals surface area contributed by atoms with Gasteiger partial charge in [0.25, 0.3) is 5.91 Å². The molecule has 3 rings (SSSR count). The quantitative estimate of drug-likeness (QED) is 0.737. The summed E-state index contributed by atoms with van der Waals surface area (Å²) in [6, 6.07) is 1.76. The van der Waals surface area contributed by atoms with E-state index in [1.807, 2.05) is 12.3 Å². The second kappa shape index (κ2) is 6.00. The third-order valence-electron chi connectivity index (χ3n) is 2.99. The Labute approximate surface area is 144 Å².